The van der Waals surface area contributed by atoms with E-state index in [0.717, 1.165) is 6.20 Å². The number of rotatable bonds is 9. The van der Waals surface area contributed by atoms with Crippen LogP contribution in [-0.2, 0) is 29.3 Å². The second-order valence-corrected chi connectivity index (χ2v) is 10.1. The highest BCUT2D eigenvalue weighted by Gasteiger charge is 2.48. The first-order valence-corrected chi connectivity index (χ1v) is 11.7. The Labute approximate surface area is 172 Å². The summed E-state index contributed by atoms with van der Waals surface area (Å²) in [5.74, 6) is -3.25. The number of hydroxylamine groups is 2. The summed E-state index contributed by atoms with van der Waals surface area (Å²) in [5.41, 5.74) is -0.127. The van der Waals surface area contributed by atoms with Crippen molar-refractivity contribution >= 4 is 55.2 Å². The van der Waals surface area contributed by atoms with Crippen molar-refractivity contribution in [1.29, 1.82) is 0 Å². The molecular weight excluding hydrogens is 450 g/mol. The molecule has 0 aliphatic carbocycles. The Balaban J connectivity index is 1.78. The summed E-state index contributed by atoms with van der Waals surface area (Å²) in [6, 6.07) is 2.81. The Hall–Kier alpha value is -2.23. The Morgan fingerprint density at radius 3 is 2.69 bits per heavy atom. The Kier molecular flexibility index (Phi) is 7.56. The van der Waals surface area contributed by atoms with Gasteiger partial charge in [0.1, 0.15) is 11.2 Å². The number of imide groups is 1. The number of nitrogens with zero attached hydrogens (tertiary/aromatic N) is 3. The number of carbonyl (C=O) groups is 3. The van der Waals surface area contributed by atoms with E-state index in [9.17, 15) is 32.9 Å². The van der Waals surface area contributed by atoms with Crippen molar-refractivity contribution in [2.24, 2.45) is 0 Å². The van der Waals surface area contributed by atoms with Crippen LogP contribution in [0.3, 0.4) is 0 Å². The van der Waals surface area contributed by atoms with Crippen molar-refractivity contribution in [3.63, 3.8) is 0 Å². The number of amides is 2. The number of carbonyl (C=O) groups excluding carboxylic acids is 3. The summed E-state index contributed by atoms with van der Waals surface area (Å²) in [4.78, 5) is 53.9. The molecule has 1 aliphatic rings. The first kappa shape index (κ1) is 23.1. The van der Waals surface area contributed by atoms with Crippen LogP contribution < -0.4 is 0 Å². The molecule has 158 valence electrons. The lowest BCUT2D eigenvalue weighted by molar-refractivity contribution is -0.385. The fourth-order valence-electron chi connectivity index (χ4n) is 2.09. The van der Waals surface area contributed by atoms with Gasteiger partial charge < -0.3 is 4.84 Å². The zero-order valence-electron chi connectivity index (χ0n) is 14.8. The normalized spacial score (nSPS) is 18.0. The highest BCUT2D eigenvalue weighted by atomic mass is 33.1. The smallest absolute Gasteiger partial charge is 0.330 e. The molecule has 1 saturated heterocycles. The van der Waals surface area contributed by atoms with Gasteiger partial charge in [-0.3, -0.25) is 24.3 Å². The molecule has 2 rings (SSSR count). The monoisotopic (exact) mass is 465 g/mol. The first-order valence-electron chi connectivity index (χ1n) is 7.96. The molecule has 2 atom stereocenters. The molecule has 1 aromatic heterocycles. The van der Waals surface area contributed by atoms with Gasteiger partial charge in [-0.2, -0.15) is 8.42 Å². The van der Waals surface area contributed by atoms with Crippen LogP contribution in [0, 0.1) is 10.1 Å². The van der Waals surface area contributed by atoms with Gasteiger partial charge >= 0.3 is 5.97 Å². The van der Waals surface area contributed by atoms with Crippen molar-refractivity contribution in [3.8, 4) is 0 Å². The molecule has 15 heteroatoms. The number of pyridine rings is 1. The first-order chi connectivity index (χ1) is 13.5. The molecule has 1 aromatic rings. The lowest BCUT2D eigenvalue weighted by Crippen LogP contribution is -2.36. The Bertz CT molecular complexity index is 920. The van der Waals surface area contributed by atoms with Gasteiger partial charge in [-0.15, -0.1) is 5.06 Å². The Morgan fingerprint density at radius 1 is 1.48 bits per heavy atom. The van der Waals surface area contributed by atoms with Gasteiger partial charge in [-0.05, 0) is 23.3 Å². The number of hydrogen-bond acceptors (Lipinski definition) is 11. The molecule has 2 heterocycles. The fraction of sp³-hybridized carbons (Fsp3) is 0.429. The minimum Gasteiger partial charge on any atom is -0.330 e. The van der Waals surface area contributed by atoms with Gasteiger partial charge in [0, 0.05) is 17.7 Å². The lowest BCUT2D eigenvalue weighted by Gasteiger charge is -2.14. The number of aromatic nitrogens is 1. The van der Waals surface area contributed by atoms with E-state index < -0.39 is 44.5 Å². The quantitative estimate of drug-likeness (QED) is 0.183. The van der Waals surface area contributed by atoms with E-state index in [1.165, 1.54) is 33.7 Å². The van der Waals surface area contributed by atoms with Crippen LogP contribution in [-0.4, -0.2) is 56.2 Å². The molecular formula is C14H15N3O9S3. The maximum Gasteiger partial charge on any atom is 0.333 e. The molecule has 1 aliphatic heterocycles. The van der Waals surface area contributed by atoms with Crippen molar-refractivity contribution in [2.45, 2.75) is 41.7 Å². The fourth-order valence-corrected chi connectivity index (χ4v) is 4.86. The maximum absolute atomic E-state index is 11.9. The third-order valence-corrected chi connectivity index (χ3v) is 7.55. The second kappa shape index (κ2) is 9.51. The molecule has 12 nitrogen and oxygen atoms in total. The van der Waals surface area contributed by atoms with E-state index in [0.29, 0.717) is 11.4 Å². The van der Waals surface area contributed by atoms with E-state index in [2.05, 4.69) is 9.82 Å². The van der Waals surface area contributed by atoms with Crippen LogP contribution in [0.25, 0.3) is 0 Å². The zero-order chi connectivity index (χ0) is 21.8. The minimum atomic E-state index is -4.77. The van der Waals surface area contributed by atoms with Gasteiger partial charge in [-0.1, -0.05) is 17.7 Å². The van der Waals surface area contributed by atoms with Crippen LogP contribution in [0.2, 0.25) is 0 Å². The van der Waals surface area contributed by atoms with Gasteiger partial charge in [0.15, 0.2) is 5.25 Å². The van der Waals surface area contributed by atoms with Gasteiger partial charge in [0.05, 0.1) is 11.3 Å². The third-order valence-electron chi connectivity index (χ3n) is 3.60. The predicted octanol–water partition coefficient (Wildman–Crippen LogP) is 1.37. The summed E-state index contributed by atoms with van der Waals surface area (Å²) >= 11 is 0. The van der Waals surface area contributed by atoms with Crippen LogP contribution in [0.15, 0.2) is 23.4 Å². The highest BCUT2D eigenvalue weighted by Crippen LogP contribution is 2.35. The summed E-state index contributed by atoms with van der Waals surface area (Å²) in [5, 5.41) is 9.13. The average Bonchev–Trinajstić information content (AvgIpc) is 2.93. The van der Waals surface area contributed by atoms with Crippen LogP contribution in [0.1, 0.15) is 26.2 Å². The third kappa shape index (κ3) is 6.38. The van der Waals surface area contributed by atoms with Crippen LogP contribution >= 0.6 is 21.6 Å². The summed E-state index contributed by atoms with van der Waals surface area (Å²) in [6.07, 6.45) is 0.488. The van der Waals surface area contributed by atoms with Gasteiger partial charge in [0.2, 0.25) is 0 Å². The number of nitro groups is 1. The van der Waals surface area contributed by atoms with Crippen molar-refractivity contribution in [3.05, 3.63) is 28.4 Å². The molecule has 29 heavy (non-hydrogen) atoms. The topological polar surface area (TPSA) is 174 Å². The second-order valence-electron chi connectivity index (χ2n) is 5.84. The number of hydrogen-bond donors (Lipinski definition) is 1. The SMILES string of the molecule is CC(CCC(=O)ON1C(=O)CC(S(=O)(=O)O)C1=O)SSc1ccc([N+](=O)[O-])cn1. The molecule has 0 aromatic carbocycles. The average molecular weight is 465 g/mol. The molecule has 2 unspecified atom stereocenters. The van der Waals surface area contributed by atoms with Crippen LogP contribution in [0.5, 0.6) is 0 Å². The minimum absolute atomic E-state index is 0.0636. The lowest BCUT2D eigenvalue weighted by atomic mass is 10.2. The molecule has 1 fully saturated rings. The molecule has 0 radical (unpaired) electrons. The molecule has 1 N–H and O–H groups in total. The van der Waals surface area contributed by atoms with Crippen LogP contribution in [0.4, 0.5) is 5.69 Å². The zero-order valence-corrected chi connectivity index (χ0v) is 17.2. The molecule has 0 bridgehead atoms. The molecule has 0 spiro atoms. The van der Waals surface area contributed by atoms with Gasteiger partial charge in [0.25, 0.3) is 27.6 Å². The van der Waals surface area contributed by atoms with E-state index in [1.807, 2.05) is 0 Å². The summed E-state index contributed by atoms with van der Waals surface area (Å²) in [6.45, 7) is 1.80. The summed E-state index contributed by atoms with van der Waals surface area (Å²) in [7, 11) is -2.17. The van der Waals surface area contributed by atoms with E-state index in [1.54, 1.807) is 6.92 Å². The maximum atomic E-state index is 11.9. The summed E-state index contributed by atoms with van der Waals surface area (Å²) < 4.78 is 31.0. The van der Waals surface area contributed by atoms with Crippen molar-refractivity contribution in [1.82, 2.24) is 10.0 Å². The van der Waals surface area contributed by atoms with E-state index >= 15 is 0 Å². The standard InChI is InChI=1S/C14H15N3O9S3/c1-8(27-28-11-4-3-9(7-15-11)17(21)22)2-5-13(19)26-16-12(18)6-10(14(16)20)29(23,24)25/h3-4,7-8,10H,2,5-6H2,1H3,(H,23,24,25). The van der Waals surface area contributed by atoms with E-state index in [4.69, 9.17) is 4.55 Å². The Morgan fingerprint density at radius 2 is 2.17 bits per heavy atom. The molecule has 2 amide bonds. The van der Waals surface area contributed by atoms with Crippen molar-refractivity contribution in [2.75, 3.05) is 0 Å². The van der Waals surface area contributed by atoms with E-state index in [-0.39, 0.29) is 22.4 Å². The van der Waals surface area contributed by atoms with Crippen molar-refractivity contribution < 1.29 is 37.1 Å². The predicted molar refractivity (Wildman–Crippen MR) is 101 cm³/mol. The largest absolute Gasteiger partial charge is 0.333 e. The van der Waals surface area contributed by atoms with Gasteiger partial charge in [-0.25, -0.2) is 9.78 Å². The highest BCUT2D eigenvalue weighted by molar-refractivity contribution is 8.76. The molecule has 0 saturated carbocycles.